The number of ether oxygens (including phenoxy) is 1. The predicted molar refractivity (Wildman–Crippen MR) is 77.0 cm³/mol. The molecule has 0 bridgehead atoms. The second-order valence-corrected chi connectivity index (χ2v) is 7.78. The molecular formula is C17H30O2. The van der Waals surface area contributed by atoms with Crippen LogP contribution in [0.4, 0.5) is 0 Å². The van der Waals surface area contributed by atoms with Gasteiger partial charge in [0.25, 0.3) is 0 Å². The molecule has 0 aromatic heterocycles. The SMILES string of the molecule is CC(C)C1CCCC(O)(C2CCOC3(CCC3)C2)C1. The summed E-state index contributed by atoms with van der Waals surface area (Å²) in [6, 6.07) is 0. The van der Waals surface area contributed by atoms with Crippen LogP contribution in [-0.2, 0) is 4.74 Å². The minimum Gasteiger partial charge on any atom is -0.390 e. The molecule has 3 rings (SSSR count). The number of hydrogen-bond donors (Lipinski definition) is 1. The van der Waals surface area contributed by atoms with E-state index in [1.165, 1.54) is 32.1 Å². The van der Waals surface area contributed by atoms with Crippen molar-refractivity contribution >= 4 is 0 Å². The molecule has 3 unspecified atom stereocenters. The second kappa shape index (κ2) is 5.04. The molecule has 2 nitrogen and oxygen atoms in total. The zero-order valence-corrected chi connectivity index (χ0v) is 12.7. The van der Waals surface area contributed by atoms with E-state index in [0.29, 0.717) is 11.8 Å². The predicted octanol–water partition coefficient (Wildman–Crippen LogP) is 3.91. The minimum atomic E-state index is -0.389. The van der Waals surface area contributed by atoms with E-state index >= 15 is 0 Å². The van der Waals surface area contributed by atoms with Crippen molar-refractivity contribution in [2.24, 2.45) is 17.8 Å². The molecule has 3 aliphatic rings. The van der Waals surface area contributed by atoms with Crippen molar-refractivity contribution in [2.75, 3.05) is 6.61 Å². The van der Waals surface area contributed by atoms with Crippen LogP contribution in [0.2, 0.25) is 0 Å². The average molecular weight is 266 g/mol. The van der Waals surface area contributed by atoms with Crippen molar-refractivity contribution in [3.8, 4) is 0 Å². The van der Waals surface area contributed by atoms with Crippen molar-refractivity contribution in [2.45, 2.75) is 82.8 Å². The summed E-state index contributed by atoms with van der Waals surface area (Å²) in [5.74, 6) is 1.92. The van der Waals surface area contributed by atoms with Gasteiger partial charge in [-0.25, -0.2) is 0 Å². The molecule has 0 radical (unpaired) electrons. The van der Waals surface area contributed by atoms with Gasteiger partial charge in [0.15, 0.2) is 0 Å². The van der Waals surface area contributed by atoms with E-state index < -0.39 is 0 Å². The fourth-order valence-electron chi connectivity index (χ4n) is 4.67. The summed E-state index contributed by atoms with van der Waals surface area (Å²) in [5.41, 5.74) is -0.219. The summed E-state index contributed by atoms with van der Waals surface area (Å²) in [6.07, 6.45) is 10.6. The normalized spacial score (nSPS) is 42.3. The van der Waals surface area contributed by atoms with Gasteiger partial charge >= 0.3 is 0 Å². The van der Waals surface area contributed by atoms with Gasteiger partial charge in [-0.3, -0.25) is 0 Å². The van der Waals surface area contributed by atoms with Gasteiger partial charge in [-0.05, 0) is 69.1 Å². The Morgan fingerprint density at radius 1 is 1.05 bits per heavy atom. The molecule has 1 saturated heterocycles. The Labute approximate surface area is 117 Å². The summed E-state index contributed by atoms with van der Waals surface area (Å²) in [5, 5.41) is 11.2. The lowest BCUT2D eigenvalue weighted by Gasteiger charge is -2.52. The lowest BCUT2D eigenvalue weighted by atomic mass is 9.62. The topological polar surface area (TPSA) is 29.5 Å². The van der Waals surface area contributed by atoms with Crippen LogP contribution in [0, 0.1) is 17.8 Å². The lowest BCUT2D eigenvalue weighted by molar-refractivity contribution is -0.185. The van der Waals surface area contributed by atoms with Crippen LogP contribution in [0.25, 0.3) is 0 Å². The van der Waals surface area contributed by atoms with Gasteiger partial charge in [0.1, 0.15) is 0 Å². The van der Waals surface area contributed by atoms with Gasteiger partial charge in [0, 0.05) is 6.61 Å². The van der Waals surface area contributed by atoms with E-state index in [4.69, 9.17) is 4.74 Å². The van der Waals surface area contributed by atoms with Crippen LogP contribution in [0.15, 0.2) is 0 Å². The third-order valence-electron chi connectivity index (χ3n) is 6.26. The fourth-order valence-corrected chi connectivity index (χ4v) is 4.67. The maximum absolute atomic E-state index is 11.2. The Kier molecular flexibility index (Phi) is 3.68. The Bertz CT molecular complexity index is 321. The molecule has 0 amide bonds. The van der Waals surface area contributed by atoms with Gasteiger partial charge in [-0.2, -0.15) is 0 Å². The molecule has 19 heavy (non-hydrogen) atoms. The molecule has 0 aromatic rings. The van der Waals surface area contributed by atoms with Gasteiger partial charge in [-0.1, -0.05) is 20.3 Å². The van der Waals surface area contributed by atoms with E-state index in [1.54, 1.807) is 0 Å². The Morgan fingerprint density at radius 3 is 2.47 bits per heavy atom. The third kappa shape index (κ3) is 2.58. The minimum absolute atomic E-state index is 0.170. The number of hydrogen-bond acceptors (Lipinski definition) is 2. The quantitative estimate of drug-likeness (QED) is 0.821. The lowest BCUT2D eigenvalue weighted by Crippen LogP contribution is -2.53. The van der Waals surface area contributed by atoms with Crippen LogP contribution in [0.1, 0.15) is 71.6 Å². The second-order valence-electron chi connectivity index (χ2n) is 7.78. The molecule has 3 fully saturated rings. The van der Waals surface area contributed by atoms with Crippen LogP contribution >= 0.6 is 0 Å². The molecule has 2 aliphatic carbocycles. The van der Waals surface area contributed by atoms with Crippen LogP contribution < -0.4 is 0 Å². The van der Waals surface area contributed by atoms with Crippen LogP contribution in [-0.4, -0.2) is 22.9 Å². The maximum Gasteiger partial charge on any atom is 0.0686 e. The van der Waals surface area contributed by atoms with Crippen LogP contribution in [0.3, 0.4) is 0 Å². The first-order chi connectivity index (χ1) is 9.03. The first-order valence-corrected chi connectivity index (χ1v) is 8.39. The highest BCUT2D eigenvalue weighted by Crippen LogP contribution is 2.50. The molecule has 1 aliphatic heterocycles. The average Bonchev–Trinajstić information content (AvgIpc) is 2.37. The Balaban J connectivity index is 1.69. The van der Waals surface area contributed by atoms with E-state index in [2.05, 4.69) is 13.8 Å². The van der Waals surface area contributed by atoms with E-state index in [9.17, 15) is 5.11 Å². The van der Waals surface area contributed by atoms with Gasteiger partial charge < -0.3 is 9.84 Å². The molecule has 2 saturated carbocycles. The van der Waals surface area contributed by atoms with Crippen molar-refractivity contribution in [1.82, 2.24) is 0 Å². The molecule has 1 heterocycles. The largest absolute Gasteiger partial charge is 0.390 e. The smallest absolute Gasteiger partial charge is 0.0686 e. The first kappa shape index (κ1) is 13.9. The summed E-state index contributed by atoms with van der Waals surface area (Å²) in [6.45, 7) is 5.50. The molecule has 110 valence electrons. The van der Waals surface area contributed by atoms with Crippen molar-refractivity contribution in [1.29, 1.82) is 0 Å². The monoisotopic (exact) mass is 266 g/mol. The zero-order chi connectivity index (χ0) is 13.5. The first-order valence-electron chi connectivity index (χ1n) is 8.39. The Hall–Kier alpha value is -0.0800. The summed E-state index contributed by atoms with van der Waals surface area (Å²) in [7, 11) is 0. The number of aliphatic hydroxyl groups is 1. The molecule has 3 atom stereocenters. The maximum atomic E-state index is 11.2. The third-order valence-corrected chi connectivity index (χ3v) is 6.26. The van der Waals surface area contributed by atoms with E-state index in [0.717, 1.165) is 38.2 Å². The Morgan fingerprint density at radius 2 is 1.84 bits per heavy atom. The highest BCUT2D eigenvalue weighted by atomic mass is 16.5. The molecule has 0 aromatic carbocycles. The summed E-state index contributed by atoms with van der Waals surface area (Å²) in [4.78, 5) is 0. The molecule has 2 heteroatoms. The standard InChI is InChI=1S/C17H30O2/c1-13(2)14-5-3-9-17(18,11-14)15-6-10-19-16(12-15)7-4-8-16/h13-15,18H,3-12H2,1-2H3. The highest BCUT2D eigenvalue weighted by molar-refractivity contribution is 5.01. The van der Waals surface area contributed by atoms with Gasteiger partial charge in [-0.15, -0.1) is 0 Å². The number of rotatable bonds is 2. The molecule has 1 N–H and O–H groups in total. The van der Waals surface area contributed by atoms with Crippen molar-refractivity contribution in [3.05, 3.63) is 0 Å². The summed E-state index contributed by atoms with van der Waals surface area (Å²) >= 11 is 0. The van der Waals surface area contributed by atoms with Crippen LogP contribution in [0.5, 0.6) is 0 Å². The van der Waals surface area contributed by atoms with Crippen molar-refractivity contribution in [3.63, 3.8) is 0 Å². The molecular weight excluding hydrogens is 236 g/mol. The molecule has 1 spiro atoms. The van der Waals surface area contributed by atoms with E-state index in [-0.39, 0.29) is 11.2 Å². The fraction of sp³-hybridized carbons (Fsp3) is 1.00. The highest BCUT2D eigenvalue weighted by Gasteiger charge is 2.49. The van der Waals surface area contributed by atoms with Gasteiger partial charge in [0.05, 0.1) is 11.2 Å². The van der Waals surface area contributed by atoms with Crippen molar-refractivity contribution < 1.29 is 9.84 Å². The zero-order valence-electron chi connectivity index (χ0n) is 12.7. The van der Waals surface area contributed by atoms with E-state index in [1.807, 2.05) is 0 Å². The summed E-state index contributed by atoms with van der Waals surface area (Å²) < 4.78 is 6.03. The van der Waals surface area contributed by atoms with Gasteiger partial charge in [0.2, 0.25) is 0 Å².